The number of aryl methyl sites for hydroxylation is 3. The SMILES string of the molecule is Cc1nn(C)c(C)c1-c1cc(C(=O)N2CC(N3CCCCC3C)C2)n(C)n1. The molecule has 0 spiro atoms. The van der Waals surface area contributed by atoms with Gasteiger partial charge in [0.05, 0.1) is 11.4 Å². The Morgan fingerprint density at radius 3 is 2.48 bits per heavy atom. The van der Waals surface area contributed by atoms with Gasteiger partial charge in [0.2, 0.25) is 0 Å². The third-order valence-electron chi connectivity index (χ3n) is 6.34. The molecule has 1 atom stereocenters. The summed E-state index contributed by atoms with van der Waals surface area (Å²) in [5.41, 5.74) is 4.50. The zero-order chi connectivity index (χ0) is 19.3. The van der Waals surface area contributed by atoms with Gasteiger partial charge >= 0.3 is 0 Å². The maximum Gasteiger partial charge on any atom is 0.272 e. The average molecular weight is 371 g/mol. The number of amides is 1. The number of hydrogen-bond acceptors (Lipinski definition) is 4. The van der Waals surface area contributed by atoms with Crippen molar-refractivity contribution < 1.29 is 4.79 Å². The number of carbonyl (C=O) groups excluding carboxylic acids is 1. The van der Waals surface area contributed by atoms with Crippen LogP contribution in [0.5, 0.6) is 0 Å². The van der Waals surface area contributed by atoms with E-state index in [9.17, 15) is 4.79 Å². The minimum atomic E-state index is 0.0800. The molecule has 2 fully saturated rings. The molecule has 1 unspecified atom stereocenters. The number of carbonyl (C=O) groups is 1. The van der Waals surface area contributed by atoms with E-state index in [1.54, 1.807) is 4.68 Å². The van der Waals surface area contributed by atoms with E-state index in [1.165, 1.54) is 25.8 Å². The van der Waals surface area contributed by atoms with E-state index in [-0.39, 0.29) is 5.91 Å². The molecule has 0 N–H and O–H groups in total. The Kier molecular flexibility index (Phi) is 4.58. The molecule has 146 valence electrons. The van der Waals surface area contributed by atoms with Crippen LogP contribution < -0.4 is 0 Å². The van der Waals surface area contributed by atoms with Crippen molar-refractivity contribution >= 4 is 5.91 Å². The third-order valence-corrected chi connectivity index (χ3v) is 6.34. The molecule has 7 nitrogen and oxygen atoms in total. The van der Waals surface area contributed by atoms with Crippen LogP contribution in [0.15, 0.2) is 6.07 Å². The molecule has 2 aliphatic rings. The molecular weight excluding hydrogens is 340 g/mol. The first-order valence-electron chi connectivity index (χ1n) is 9.96. The van der Waals surface area contributed by atoms with Crippen LogP contribution in [-0.4, -0.2) is 67.0 Å². The molecule has 4 rings (SSSR count). The van der Waals surface area contributed by atoms with Crippen molar-refractivity contribution in [2.45, 2.75) is 52.1 Å². The molecule has 1 amide bonds. The van der Waals surface area contributed by atoms with Gasteiger partial charge in [0.1, 0.15) is 5.69 Å². The molecule has 2 saturated heterocycles. The van der Waals surface area contributed by atoms with Gasteiger partial charge in [-0.25, -0.2) is 0 Å². The topological polar surface area (TPSA) is 59.2 Å². The van der Waals surface area contributed by atoms with Crippen molar-refractivity contribution in [1.29, 1.82) is 0 Å². The van der Waals surface area contributed by atoms with Crippen molar-refractivity contribution in [3.8, 4) is 11.3 Å². The second-order valence-electron chi connectivity index (χ2n) is 8.15. The molecule has 27 heavy (non-hydrogen) atoms. The molecule has 0 radical (unpaired) electrons. The molecule has 2 aliphatic heterocycles. The van der Waals surface area contributed by atoms with Gasteiger partial charge in [0.25, 0.3) is 5.91 Å². The second kappa shape index (κ2) is 6.78. The summed E-state index contributed by atoms with van der Waals surface area (Å²) in [5, 5.41) is 9.07. The summed E-state index contributed by atoms with van der Waals surface area (Å²) in [7, 11) is 3.78. The number of rotatable bonds is 3. The molecule has 2 aromatic heterocycles. The van der Waals surface area contributed by atoms with E-state index in [0.29, 0.717) is 17.8 Å². The summed E-state index contributed by atoms with van der Waals surface area (Å²) in [6, 6.07) is 3.07. The van der Waals surface area contributed by atoms with Gasteiger partial charge in [-0.15, -0.1) is 0 Å². The van der Waals surface area contributed by atoms with Crippen molar-refractivity contribution in [1.82, 2.24) is 29.4 Å². The maximum absolute atomic E-state index is 13.0. The second-order valence-corrected chi connectivity index (χ2v) is 8.15. The summed E-state index contributed by atoms with van der Waals surface area (Å²) in [6.45, 7) is 9.16. The van der Waals surface area contributed by atoms with Crippen LogP contribution in [0.3, 0.4) is 0 Å². The van der Waals surface area contributed by atoms with Gasteiger partial charge in [0.15, 0.2) is 0 Å². The highest BCUT2D eigenvalue weighted by molar-refractivity contribution is 5.94. The zero-order valence-corrected chi connectivity index (χ0v) is 17.1. The maximum atomic E-state index is 13.0. The average Bonchev–Trinajstić information content (AvgIpc) is 3.07. The molecular formula is C20H30N6O. The summed E-state index contributed by atoms with van der Waals surface area (Å²) < 4.78 is 3.57. The highest BCUT2D eigenvalue weighted by atomic mass is 16.2. The number of aromatic nitrogens is 4. The van der Waals surface area contributed by atoms with Crippen LogP contribution >= 0.6 is 0 Å². The Labute approximate surface area is 160 Å². The van der Waals surface area contributed by atoms with Gasteiger partial charge in [-0.1, -0.05) is 6.42 Å². The van der Waals surface area contributed by atoms with Crippen LogP contribution in [0.25, 0.3) is 11.3 Å². The number of piperidine rings is 1. The van der Waals surface area contributed by atoms with Crippen LogP contribution in [0.1, 0.15) is 48.1 Å². The smallest absolute Gasteiger partial charge is 0.272 e. The Bertz CT molecular complexity index is 860. The van der Waals surface area contributed by atoms with Gasteiger partial charge in [-0.3, -0.25) is 19.1 Å². The van der Waals surface area contributed by atoms with Gasteiger partial charge in [0, 0.05) is 50.5 Å². The minimum absolute atomic E-state index is 0.0800. The Hall–Kier alpha value is -2.15. The fraction of sp³-hybridized carbons (Fsp3) is 0.650. The van der Waals surface area contributed by atoms with Crippen LogP contribution in [0.2, 0.25) is 0 Å². The summed E-state index contributed by atoms with van der Waals surface area (Å²) in [5.74, 6) is 0.0800. The van der Waals surface area contributed by atoms with Crippen molar-refractivity contribution in [2.24, 2.45) is 14.1 Å². The lowest BCUT2D eigenvalue weighted by Gasteiger charge is -2.49. The predicted molar refractivity (Wildman–Crippen MR) is 105 cm³/mol. The quantitative estimate of drug-likeness (QED) is 0.831. The van der Waals surface area contributed by atoms with Crippen LogP contribution in [0.4, 0.5) is 0 Å². The third kappa shape index (κ3) is 3.08. The molecule has 0 aliphatic carbocycles. The highest BCUT2D eigenvalue weighted by Crippen LogP contribution is 2.28. The Morgan fingerprint density at radius 2 is 1.85 bits per heavy atom. The normalized spacial score (nSPS) is 21.5. The standard InChI is InChI=1S/C20H30N6O/c1-13-8-6-7-9-26(13)16-11-25(12-16)20(27)18-10-17(22-24(18)5)19-14(2)21-23(4)15(19)3/h10,13,16H,6-9,11-12H2,1-5H3. The zero-order valence-electron chi connectivity index (χ0n) is 17.1. The first-order valence-corrected chi connectivity index (χ1v) is 9.96. The largest absolute Gasteiger partial charge is 0.334 e. The lowest BCUT2D eigenvalue weighted by Crippen LogP contribution is -2.63. The van der Waals surface area contributed by atoms with E-state index < -0.39 is 0 Å². The van der Waals surface area contributed by atoms with Crippen molar-refractivity contribution in [2.75, 3.05) is 19.6 Å². The predicted octanol–water partition coefficient (Wildman–Crippen LogP) is 2.14. The van der Waals surface area contributed by atoms with Crippen molar-refractivity contribution in [3.05, 3.63) is 23.1 Å². The van der Waals surface area contributed by atoms with Crippen LogP contribution in [-0.2, 0) is 14.1 Å². The number of hydrogen-bond donors (Lipinski definition) is 0. The Morgan fingerprint density at radius 1 is 1.11 bits per heavy atom. The summed E-state index contributed by atoms with van der Waals surface area (Å²) in [6.07, 6.45) is 3.89. The Balaban J connectivity index is 1.48. The molecule has 7 heteroatoms. The van der Waals surface area contributed by atoms with Crippen LogP contribution in [0, 0.1) is 13.8 Å². The summed E-state index contributed by atoms with van der Waals surface area (Å²) >= 11 is 0. The van der Waals surface area contributed by atoms with E-state index in [2.05, 4.69) is 22.0 Å². The molecule has 4 heterocycles. The molecule has 0 bridgehead atoms. The fourth-order valence-corrected chi connectivity index (χ4v) is 4.59. The van der Waals surface area contributed by atoms with Gasteiger partial charge in [-0.2, -0.15) is 10.2 Å². The molecule has 2 aromatic rings. The van der Waals surface area contributed by atoms with E-state index >= 15 is 0 Å². The lowest BCUT2D eigenvalue weighted by molar-refractivity contribution is 0.00155. The monoisotopic (exact) mass is 370 g/mol. The first kappa shape index (κ1) is 18.2. The fourth-order valence-electron chi connectivity index (χ4n) is 4.59. The summed E-state index contributed by atoms with van der Waals surface area (Å²) in [4.78, 5) is 17.5. The first-order chi connectivity index (χ1) is 12.9. The molecule has 0 aromatic carbocycles. The van der Waals surface area contributed by atoms with E-state index in [4.69, 9.17) is 0 Å². The minimum Gasteiger partial charge on any atom is -0.334 e. The number of nitrogens with zero attached hydrogens (tertiary/aromatic N) is 6. The van der Waals surface area contributed by atoms with E-state index in [1.807, 2.05) is 43.6 Å². The molecule has 0 saturated carbocycles. The highest BCUT2D eigenvalue weighted by Gasteiger charge is 2.38. The van der Waals surface area contributed by atoms with Crippen molar-refractivity contribution in [3.63, 3.8) is 0 Å². The lowest BCUT2D eigenvalue weighted by atomic mass is 9.97. The van der Waals surface area contributed by atoms with Gasteiger partial charge in [-0.05, 0) is 46.2 Å². The van der Waals surface area contributed by atoms with E-state index in [0.717, 1.165) is 35.7 Å². The van der Waals surface area contributed by atoms with Gasteiger partial charge < -0.3 is 4.90 Å². The number of likely N-dealkylation sites (tertiary alicyclic amines) is 2.